The second-order valence-electron chi connectivity index (χ2n) is 6.06. The summed E-state index contributed by atoms with van der Waals surface area (Å²) in [4.78, 5) is 13.5. The predicted molar refractivity (Wildman–Crippen MR) is 97.8 cm³/mol. The summed E-state index contributed by atoms with van der Waals surface area (Å²) in [5, 5.41) is 1.08. The van der Waals surface area contributed by atoms with Crippen molar-refractivity contribution in [2.75, 3.05) is 0 Å². The molecule has 5 rings (SSSR count). The molecule has 0 spiro atoms. The minimum atomic E-state index is 0.669. The van der Waals surface area contributed by atoms with Gasteiger partial charge in [-0.2, -0.15) is 0 Å². The molecule has 0 saturated carbocycles. The Balaban J connectivity index is 1.72. The van der Waals surface area contributed by atoms with E-state index in [9.17, 15) is 0 Å². The Labute approximate surface area is 144 Å². The molecule has 4 heteroatoms. The molecule has 120 valence electrons. The van der Waals surface area contributed by atoms with Crippen molar-refractivity contribution in [3.63, 3.8) is 0 Å². The van der Waals surface area contributed by atoms with Crippen LogP contribution < -0.4 is 0 Å². The molecule has 0 aliphatic heterocycles. The van der Waals surface area contributed by atoms with Crippen molar-refractivity contribution in [3.8, 4) is 22.8 Å². The molecule has 4 nitrogen and oxygen atoms in total. The highest BCUT2D eigenvalue weighted by atomic mass is 16.3. The zero-order valence-corrected chi connectivity index (χ0v) is 13.5. The van der Waals surface area contributed by atoms with Crippen molar-refractivity contribution < 1.29 is 4.42 Å². The van der Waals surface area contributed by atoms with Gasteiger partial charge in [-0.1, -0.05) is 54.6 Å². The van der Waals surface area contributed by atoms with Crippen LogP contribution in [0.4, 0.5) is 0 Å². The van der Waals surface area contributed by atoms with Gasteiger partial charge < -0.3 is 4.42 Å². The summed E-state index contributed by atoms with van der Waals surface area (Å²) in [5.74, 6) is 2.39. The molecule has 0 saturated heterocycles. The molecule has 0 amide bonds. The maximum absolute atomic E-state index is 6.05. The van der Waals surface area contributed by atoms with Gasteiger partial charge in [-0.25, -0.2) is 15.0 Å². The van der Waals surface area contributed by atoms with E-state index in [1.54, 1.807) is 6.33 Å². The van der Waals surface area contributed by atoms with Crippen LogP contribution in [0.1, 0.15) is 17.7 Å². The fourth-order valence-electron chi connectivity index (χ4n) is 3.34. The number of furan rings is 1. The third-order valence-electron chi connectivity index (χ3n) is 4.50. The molecule has 2 heterocycles. The Morgan fingerprint density at radius 1 is 0.880 bits per heavy atom. The highest BCUT2D eigenvalue weighted by molar-refractivity contribution is 5.99. The molecule has 0 unspecified atom stereocenters. The summed E-state index contributed by atoms with van der Waals surface area (Å²) in [6.07, 6.45) is 7.87. The van der Waals surface area contributed by atoms with Crippen LogP contribution in [0.25, 0.3) is 39.8 Å². The summed E-state index contributed by atoms with van der Waals surface area (Å²) >= 11 is 0. The van der Waals surface area contributed by atoms with Gasteiger partial charge in [-0.3, -0.25) is 0 Å². The molecule has 1 aliphatic rings. The number of aryl methyl sites for hydroxylation is 1. The molecule has 0 bridgehead atoms. The van der Waals surface area contributed by atoms with Crippen molar-refractivity contribution in [2.45, 2.75) is 12.8 Å². The number of rotatable bonds is 2. The van der Waals surface area contributed by atoms with Gasteiger partial charge in [0.05, 0.1) is 0 Å². The van der Waals surface area contributed by atoms with E-state index >= 15 is 0 Å². The Hall–Kier alpha value is -3.27. The van der Waals surface area contributed by atoms with E-state index in [1.165, 1.54) is 0 Å². The summed E-state index contributed by atoms with van der Waals surface area (Å²) in [7, 11) is 0. The Kier molecular flexibility index (Phi) is 3.20. The van der Waals surface area contributed by atoms with Crippen LogP contribution in [0.2, 0.25) is 0 Å². The first kappa shape index (κ1) is 14.1. The molecule has 0 N–H and O–H groups in total. The minimum absolute atomic E-state index is 0.669. The van der Waals surface area contributed by atoms with Crippen LogP contribution in [0.3, 0.4) is 0 Å². The van der Waals surface area contributed by atoms with Gasteiger partial charge in [0, 0.05) is 28.5 Å². The summed E-state index contributed by atoms with van der Waals surface area (Å²) < 4.78 is 6.05. The standard InChI is InChI=1S/C21H15N3O/c1-2-7-14(8-3-1)20-22-13-23-21(24-20)16-10-6-12-18-19(16)15-9-4-5-11-17(15)25-18/h1-4,6-10,12-13H,5,11H2. The van der Waals surface area contributed by atoms with E-state index in [4.69, 9.17) is 9.40 Å². The highest BCUT2D eigenvalue weighted by Crippen LogP contribution is 2.36. The Morgan fingerprint density at radius 3 is 2.68 bits per heavy atom. The zero-order valence-electron chi connectivity index (χ0n) is 13.5. The third kappa shape index (κ3) is 2.34. The van der Waals surface area contributed by atoms with E-state index in [-0.39, 0.29) is 0 Å². The summed E-state index contributed by atoms with van der Waals surface area (Å²) in [6, 6.07) is 16.0. The zero-order chi connectivity index (χ0) is 16.6. The highest BCUT2D eigenvalue weighted by Gasteiger charge is 2.19. The van der Waals surface area contributed by atoms with Gasteiger partial charge in [0.25, 0.3) is 0 Å². The number of hydrogen-bond donors (Lipinski definition) is 0. The lowest BCUT2D eigenvalue weighted by Crippen LogP contribution is -1.96. The van der Waals surface area contributed by atoms with Crippen molar-refractivity contribution in [2.24, 2.45) is 0 Å². The molecule has 0 fully saturated rings. The number of hydrogen-bond acceptors (Lipinski definition) is 4. The number of fused-ring (bicyclic) bond motifs is 3. The van der Waals surface area contributed by atoms with Crippen molar-refractivity contribution in [3.05, 3.63) is 72.3 Å². The molecule has 2 aromatic carbocycles. The number of nitrogens with zero attached hydrogens (tertiary/aromatic N) is 3. The molecule has 4 aromatic rings. The van der Waals surface area contributed by atoms with Crippen molar-refractivity contribution in [1.29, 1.82) is 0 Å². The monoisotopic (exact) mass is 325 g/mol. The Bertz CT molecular complexity index is 1100. The van der Waals surface area contributed by atoms with Gasteiger partial charge in [0.1, 0.15) is 17.7 Å². The number of allylic oxidation sites excluding steroid dienone is 1. The van der Waals surface area contributed by atoms with E-state index < -0.39 is 0 Å². The predicted octanol–water partition coefficient (Wildman–Crippen LogP) is 4.91. The van der Waals surface area contributed by atoms with Gasteiger partial charge in [-0.15, -0.1) is 0 Å². The average molecular weight is 325 g/mol. The third-order valence-corrected chi connectivity index (χ3v) is 4.50. The summed E-state index contributed by atoms with van der Waals surface area (Å²) in [5.41, 5.74) is 4.00. The molecule has 0 radical (unpaired) electrons. The molecule has 2 aromatic heterocycles. The van der Waals surface area contributed by atoms with Gasteiger partial charge in [0.15, 0.2) is 11.6 Å². The lowest BCUT2D eigenvalue weighted by Gasteiger charge is -2.06. The van der Waals surface area contributed by atoms with Crippen molar-refractivity contribution in [1.82, 2.24) is 15.0 Å². The van der Waals surface area contributed by atoms with Gasteiger partial charge >= 0.3 is 0 Å². The van der Waals surface area contributed by atoms with Crippen molar-refractivity contribution >= 4 is 17.0 Å². The first-order valence-corrected chi connectivity index (χ1v) is 8.36. The SMILES string of the molecule is C1=Cc2c(oc3cccc(-c4ncnc(-c5ccccc5)n4)c23)CC1. The number of benzene rings is 2. The summed E-state index contributed by atoms with van der Waals surface area (Å²) in [6.45, 7) is 0. The van der Waals surface area contributed by atoms with Crippen LogP contribution in [0.5, 0.6) is 0 Å². The normalized spacial score (nSPS) is 13.1. The minimum Gasteiger partial charge on any atom is -0.460 e. The van der Waals surface area contributed by atoms with E-state index in [1.807, 2.05) is 48.5 Å². The molecule has 25 heavy (non-hydrogen) atoms. The maximum atomic E-state index is 6.05. The first-order chi connectivity index (χ1) is 12.4. The molecular weight excluding hydrogens is 310 g/mol. The lowest BCUT2D eigenvalue weighted by molar-refractivity contribution is 0.546. The maximum Gasteiger partial charge on any atom is 0.164 e. The number of aromatic nitrogens is 3. The second kappa shape index (κ2) is 5.67. The molecular formula is C21H15N3O. The van der Waals surface area contributed by atoms with Crippen LogP contribution in [0, 0.1) is 0 Å². The van der Waals surface area contributed by atoms with E-state index in [0.717, 1.165) is 46.3 Å². The quantitative estimate of drug-likeness (QED) is 0.525. The average Bonchev–Trinajstić information content (AvgIpc) is 3.07. The largest absolute Gasteiger partial charge is 0.460 e. The van der Waals surface area contributed by atoms with Crippen LogP contribution in [-0.4, -0.2) is 15.0 Å². The molecule has 0 atom stereocenters. The smallest absolute Gasteiger partial charge is 0.164 e. The topological polar surface area (TPSA) is 51.8 Å². The second-order valence-corrected chi connectivity index (χ2v) is 6.06. The van der Waals surface area contributed by atoms with Crippen LogP contribution in [-0.2, 0) is 6.42 Å². The van der Waals surface area contributed by atoms with E-state index in [0.29, 0.717) is 11.6 Å². The fourth-order valence-corrected chi connectivity index (χ4v) is 3.34. The van der Waals surface area contributed by atoms with Crippen LogP contribution >= 0.6 is 0 Å². The molecule has 1 aliphatic carbocycles. The van der Waals surface area contributed by atoms with E-state index in [2.05, 4.69) is 22.1 Å². The van der Waals surface area contributed by atoms with Gasteiger partial charge in [-0.05, 0) is 12.5 Å². The van der Waals surface area contributed by atoms with Gasteiger partial charge in [0.2, 0.25) is 0 Å². The fraction of sp³-hybridized carbons (Fsp3) is 0.0952. The Morgan fingerprint density at radius 2 is 1.76 bits per heavy atom. The first-order valence-electron chi connectivity index (χ1n) is 8.36. The lowest BCUT2D eigenvalue weighted by atomic mass is 9.99. The van der Waals surface area contributed by atoms with Crippen LogP contribution in [0.15, 0.2) is 65.4 Å².